The van der Waals surface area contributed by atoms with Crippen molar-refractivity contribution in [2.75, 3.05) is 0 Å². The number of aromatic nitrogens is 4. The van der Waals surface area contributed by atoms with Crippen molar-refractivity contribution >= 4 is 43.6 Å². The van der Waals surface area contributed by atoms with Crippen molar-refractivity contribution in [1.29, 1.82) is 47.4 Å². The molecule has 0 bridgehead atoms. The first-order valence-corrected chi connectivity index (χ1v) is 28.7. The lowest BCUT2D eigenvalue weighted by Gasteiger charge is -2.19. The van der Waals surface area contributed by atoms with E-state index in [9.17, 15) is 47.4 Å². The van der Waals surface area contributed by atoms with Gasteiger partial charge < -0.3 is 9.13 Å². The van der Waals surface area contributed by atoms with E-state index in [0.717, 1.165) is 32.7 Å². The summed E-state index contributed by atoms with van der Waals surface area (Å²) in [5.41, 5.74) is 15.3. The lowest BCUT2D eigenvalue weighted by molar-refractivity contribution is 1.12. The molecule has 0 atom stereocenters. The molecule has 0 aliphatic carbocycles. The molecule has 0 saturated carbocycles. The standard InChI is InChI=1S/C79H37N13/c80-38-47-11-19-62(57(27-47)42-84)53-15-23-73-66(31-53)67-32-54(63-20-12-48(39-81)28-58(63)43-85)16-24-74(67)91(73)77-36-70(72-37-71(51-7-3-1-4-8-51)89-79(90-72)52-9-5-2-6-10-52)78(35-61(77)46-88)92-75-25-17-55(64-21-13-49(40-82)29-59(64)44-86)33-68(75)69-34-56(18-26-76(69)92)65-22-14-50(41-83)30-60(65)45-87/h1-37H. The van der Waals surface area contributed by atoms with E-state index in [1.165, 1.54) is 0 Å². The van der Waals surface area contributed by atoms with Gasteiger partial charge in [0.2, 0.25) is 0 Å². The molecule has 0 radical (unpaired) electrons. The van der Waals surface area contributed by atoms with Crippen molar-refractivity contribution in [3.05, 3.63) is 275 Å². The van der Waals surface area contributed by atoms with Crippen LogP contribution < -0.4 is 0 Å². The third-order valence-electron chi connectivity index (χ3n) is 16.7. The molecule has 0 aliphatic rings. The Bertz CT molecular complexity index is 5620. The molecule has 92 heavy (non-hydrogen) atoms. The Morgan fingerprint density at radius 1 is 0.239 bits per heavy atom. The number of nitrogens with zero attached hydrogens (tertiary/aromatic N) is 13. The fourth-order valence-electron chi connectivity index (χ4n) is 12.4. The van der Waals surface area contributed by atoms with Crippen molar-refractivity contribution in [3.8, 4) is 144 Å². The third-order valence-corrected chi connectivity index (χ3v) is 16.7. The van der Waals surface area contributed by atoms with Crippen molar-refractivity contribution in [2.24, 2.45) is 0 Å². The quantitative estimate of drug-likeness (QED) is 0.131. The maximum Gasteiger partial charge on any atom is 0.160 e. The van der Waals surface area contributed by atoms with Crippen LogP contribution in [-0.4, -0.2) is 19.1 Å². The maximum atomic E-state index is 11.8. The van der Waals surface area contributed by atoms with Gasteiger partial charge in [0, 0.05) is 38.2 Å². The molecule has 0 unspecified atom stereocenters. The van der Waals surface area contributed by atoms with Crippen molar-refractivity contribution in [1.82, 2.24) is 19.1 Å². The normalized spacial score (nSPS) is 10.7. The SMILES string of the molecule is N#Cc1ccc(-c2ccc3c(c2)c2cc(-c4ccc(C#N)cc4C#N)ccc2n3-c2cc(-c3cc(-c4ccccc4)nc(-c4ccccc4)n3)c(-n3c4ccc(-c5ccc(C#N)cc5C#N)cc4c4cc(-c5ccc(C#N)cc5C#N)ccc43)cc2C#N)c(C#N)c1. The molecule has 13 nitrogen and oxygen atoms in total. The molecule has 11 aromatic carbocycles. The van der Waals surface area contributed by atoms with Crippen LogP contribution in [0, 0.1) is 102 Å². The van der Waals surface area contributed by atoms with Crippen LogP contribution in [0.3, 0.4) is 0 Å². The van der Waals surface area contributed by atoms with Gasteiger partial charge in [-0.25, -0.2) is 9.97 Å². The highest BCUT2D eigenvalue weighted by molar-refractivity contribution is 6.14. The van der Waals surface area contributed by atoms with Gasteiger partial charge in [-0.2, -0.15) is 47.4 Å². The average molecular weight is 1170 g/mol. The molecule has 13 heteroatoms. The molecule has 0 aliphatic heterocycles. The van der Waals surface area contributed by atoms with E-state index in [1.54, 1.807) is 72.8 Å². The van der Waals surface area contributed by atoms with Gasteiger partial charge in [0.15, 0.2) is 5.82 Å². The summed E-state index contributed by atoms with van der Waals surface area (Å²) in [5, 5.41) is 95.9. The summed E-state index contributed by atoms with van der Waals surface area (Å²) in [6.07, 6.45) is 0. The summed E-state index contributed by atoms with van der Waals surface area (Å²) in [6.45, 7) is 0. The first-order chi connectivity index (χ1) is 45.2. The second-order valence-corrected chi connectivity index (χ2v) is 21.7. The van der Waals surface area contributed by atoms with Crippen LogP contribution in [-0.2, 0) is 0 Å². The summed E-state index contributed by atoms with van der Waals surface area (Å²) in [7, 11) is 0. The molecule has 14 aromatic rings. The van der Waals surface area contributed by atoms with E-state index in [4.69, 9.17) is 9.97 Å². The minimum Gasteiger partial charge on any atom is -0.309 e. The minimum absolute atomic E-state index is 0.268. The van der Waals surface area contributed by atoms with Gasteiger partial charge in [0.1, 0.15) is 6.07 Å². The second-order valence-electron chi connectivity index (χ2n) is 21.7. The Morgan fingerprint density at radius 3 is 0.924 bits per heavy atom. The first kappa shape index (κ1) is 55.4. The molecule has 0 N–H and O–H groups in total. The van der Waals surface area contributed by atoms with Gasteiger partial charge >= 0.3 is 0 Å². The summed E-state index contributed by atoms with van der Waals surface area (Å²) in [4.78, 5) is 10.6. The second kappa shape index (κ2) is 22.7. The molecule has 418 valence electrons. The molecule has 3 aromatic heterocycles. The van der Waals surface area contributed by atoms with Gasteiger partial charge in [-0.3, -0.25) is 0 Å². The van der Waals surface area contributed by atoms with Gasteiger partial charge in [-0.1, -0.05) is 109 Å². The summed E-state index contributed by atoms with van der Waals surface area (Å²) in [6, 6.07) is 89.1. The van der Waals surface area contributed by atoms with Crippen LogP contribution in [0.25, 0.3) is 133 Å². The number of fused-ring (bicyclic) bond motifs is 6. The Labute approximate surface area is 526 Å². The molecule has 0 spiro atoms. The van der Waals surface area contributed by atoms with E-state index in [2.05, 4.69) is 59.2 Å². The highest BCUT2D eigenvalue weighted by atomic mass is 15.0. The highest BCUT2D eigenvalue weighted by Crippen LogP contribution is 2.45. The zero-order valence-electron chi connectivity index (χ0n) is 48.2. The van der Waals surface area contributed by atoms with Crippen molar-refractivity contribution in [3.63, 3.8) is 0 Å². The highest BCUT2D eigenvalue weighted by Gasteiger charge is 2.26. The number of hydrogen-bond donors (Lipinski definition) is 0. The van der Waals surface area contributed by atoms with Crippen molar-refractivity contribution in [2.45, 2.75) is 0 Å². The maximum absolute atomic E-state index is 11.8. The molecule has 0 amide bonds. The van der Waals surface area contributed by atoms with Crippen LogP contribution in [0.1, 0.15) is 50.1 Å². The fraction of sp³-hybridized carbons (Fsp3) is 0. The predicted molar refractivity (Wildman–Crippen MR) is 351 cm³/mol. The molecular formula is C79H37N13. The fourth-order valence-corrected chi connectivity index (χ4v) is 12.4. The zero-order valence-corrected chi connectivity index (χ0v) is 48.2. The van der Waals surface area contributed by atoms with Crippen LogP contribution in [0.5, 0.6) is 0 Å². The van der Waals surface area contributed by atoms with E-state index >= 15 is 0 Å². The smallest absolute Gasteiger partial charge is 0.160 e. The minimum atomic E-state index is 0.268. The van der Waals surface area contributed by atoms with E-state index in [0.29, 0.717) is 145 Å². The lowest BCUT2D eigenvalue weighted by atomic mass is 9.95. The molecular weight excluding hydrogens is 1130 g/mol. The van der Waals surface area contributed by atoms with Gasteiger partial charge in [0.05, 0.1) is 143 Å². The van der Waals surface area contributed by atoms with Crippen LogP contribution >= 0.6 is 0 Å². The summed E-state index contributed by atoms with van der Waals surface area (Å²) in [5.74, 6) is 0.442. The van der Waals surface area contributed by atoms with E-state index in [-0.39, 0.29) is 5.56 Å². The van der Waals surface area contributed by atoms with Crippen LogP contribution in [0.4, 0.5) is 0 Å². The topological polar surface area (TPSA) is 250 Å². The molecule has 0 saturated heterocycles. The number of benzene rings is 11. The number of rotatable bonds is 9. The Kier molecular flexibility index (Phi) is 13.7. The number of nitriles is 9. The Hall–Kier alpha value is -14.5. The predicted octanol–water partition coefficient (Wildman–Crippen LogP) is 17.2. The molecule has 14 rings (SSSR count). The van der Waals surface area contributed by atoms with E-state index < -0.39 is 0 Å². The Morgan fingerprint density at radius 2 is 0.576 bits per heavy atom. The van der Waals surface area contributed by atoms with Gasteiger partial charge in [-0.05, 0) is 160 Å². The van der Waals surface area contributed by atoms with Crippen LogP contribution in [0.15, 0.2) is 224 Å². The monoisotopic (exact) mass is 1170 g/mol. The van der Waals surface area contributed by atoms with E-state index in [1.807, 2.05) is 156 Å². The lowest BCUT2D eigenvalue weighted by Crippen LogP contribution is -2.05. The van der Waals surface area contributed by atoms with Crippen LogP contribution in [0.2, 0.25) is 0 Å². The largest absolute Gasteiger partial charge is 0.309 e. The van der Waals surface area contributed by atoms with Gasteiger partial charge in [0.25, 0.3) is 0 Å². The molecule has 0 fully saturated rings. The van der Waals surface area contributed by atoms with Crippen molar-refractivity contribution < 1.29 is 0 Å². The number of hydrogen-bond acceptors (Lipinski definition) is 11. The zero-order chi connectivity index (χ0) is 63.1. The Balaban J connectivity index is 1.10. The summed E-state index contributed by atoms with van der Waals surface area (Å²) < 4.78 is 4.13. The van der Waals surface area contributed by atoms with Gasteiger partial charge in [-0.15, -0.1) is 0 Å². The molecule has 3 heterocycles. The first-order valence-electron chi connectivity index (χ1n) is 28.7. The average Bonchev–Trinajstić information content (AvgIpc) is 1.57. The summed E-state index contributed by atoms with van der Waals surface area (Å²) >= 11 is 0. The third kappa shape index (κ3) is 9.37.